The molecule has 0 bridgehead atoms. The molecule has 0 spiro atoms. The molecule has 0 radical (unpaired) electrons. The van der Waals surface area contributed by atoms with E-state index in [1.807, 2.05) is 50.7 Å². The number of carbonyl (C=O) groups is 2. The van der Waals surface area contributed by atoms with Gasteiger partial charge in [-0.3, -0.25) is 9.69 Å². The molecule has 1 aromatic rings. The Labute approximate surface area is 178 Å². The van der Waals surface area contributed by atoms with Crippen LogP contribution in [0.15, 0.2) is 12.1 Å². The van der Waals surface area contributed by atoms with Gasteiger partial charge in [0, 0.05) is 33.3 Å². The zero-order valence-corrected chi connectivity index (χ0v) is 18.6. The third-order valence-corrected chi connectivity index (χ3v) is 5.23. The second kappa shape index (κ2) is 9.06. The summed E-state index contributed by atoms with van der Waals surface area (Å²) in [6.45, 7) is 7.19. The van der Waals surface area contributed by atoms with Crippen molar-refractivity contribution in [1.29, 1.82) is 0 Å². The van der Waals surface area contributed by atoms with Gasteiger partial charge in [0.1, 0.15) is 17.7 Å². The summed E-state index contributed by atoms with van der Waals surface area (Å²) in [6, 6.07) is 3.19. The van der Waals surface area contributed by atoms with Gasteiger partial charge < -0.3 is 19.3 Å². The second-order valence-corrected chi connectivity index (χ2v) is 9.12. The molecule has 2 unspecified atom stereocenters. The highest BCUT2D eigenvalue weighted by atomic mass is 16.6. The van der Waals surface area contributed by atoms with E-state index in [1.165, 1.54) is 0 Å². The number of hydrogen-bond acceptors (Lipinski definition) is 7. The maximum Gasteiger partial charge on any atom is 0.410 e. The molecular formula is C21H33N5O4. The van der Waals surface area contributed by atoms with Gasteiger partial charge in [0.25, 0.3) is 0 Å². The van der Waals surface area contributed by atoms with Crippen LogP contribution in [-0.4, -0.2) is 83.5 Å². The third kappa shape index (κ3) is 5.52. The summed E-state index contributed by atoms with van der Waals surface area (Å²) in [5.74, 6) is 1.18. The molecule has 30 heavy (non-hydrogen) atoms. The third-order valence-electron chi connectivity index (χ3n) is 5.23. The van der Waals surface area contributed by atoms with Gasteiger partial charge in [0.15, 0.2) is 5.82 Å². The van der Waals surface area contributed by atoms with Gasteiger partial charge in [-0.25, -0.2) is 4.79 Å². The predicted octanol–water partition coefficient (Wildman–Crippen LogP) is 2.31. The second-order valence-electron chi connectivity index (χ2n) is 9.12. The summed E-state index contributed by atoms with van der Waals surface area (Å²) in [7, 11) is 3.80. The Morgan fingerprint density at radius 2 is 1.83 bits per heavy atom. The summed E-state index contributed by atoms with van der Waals surface area (Å²) < 4.78 is 11.5. The van der Waals surface area contributed by atoms with Crippen molar-refractivity contribution in [3.05, 3.63) is 12.1 Å². The number of ether oxygens (including phenoxy) is 2. The molecule has 166 valence electrons. The van der Waals surface area contributed by atoms with E-state index >= 15 is 0 Å². The highest BCUT2D eigenvalue weighted by molar-refractivity contribution is 5.86. The summed E-state index contributed by atoms with van der Waals surface area (Å²) in [6.07, 6.45) is 2.60. The summed E-state index contributed by atoms with van der Waals surface area (Å²) in [4.78, 5) is 31.0. The van der Waals surface area contributed by atoms with E-state index in [2.05, 4.69) is 10.2 Å². The first-order valence-corrected chi connectivity index (χ1v) is 10.6. The number of amides is 2. The number of nitrogens with zero attached hydrogens (tertiary/aromatic N) is 5. The van der Waals surface area contributed by atoms with E-state index in [0.29, 0.717) is 31.9 Å². The van der Waals surface area contributed by atoms with Crippen molar-refractivity contribution < 1.29 is 19.1 Å². The minimum Gasteiger partial charge on any atom is -0.471 e. The van der Waals surface area contributed by atoms with Crippen LogP contribution in [-0.2, 0) is 9.53 Å². The van der Waals surface area contributed by atoms with Crippen molar-refractivity contribution in [1.82, 2.24) is 20.0 Å². The van der Waals surface area contributed by atoms with E-state index < -0.39 is 17.7 Å². The summed E-state index contributed by atoms with van der Waals surface area (Å²) in [5, 5.41) is 8.26. The van der Waals surface area contributed by atoms with Crippen LogP contribution < -0.4 is 9.64 Å². The Bertz CT molecular complexity index is 747. The lowest BCUT2D eigenvalue weighted by atomic mass is 10.1. The normalized spacial score (nSPS) is 22.0. The van der Waals surface area contributed by atoms with E-state index in [0.717, 1.165) is 25.1 Å². The first-order chi connectivity index (χ1) is 14.1. The zero-order chi connectivity index (χ0) is 21.9. The number of carbonyl (C=O) groups excluding carboxylic acids is 2. The monoisotopic (exact) mass is 419 g/mol. The van der Waals surface area contributed by atoms with Crippen molar-refractivity contribution in [3.8, 4) is 5.88 Å². The number of anilines is 1. The molecule has 9 heteroatoms. The van der Waals surface area contributed by atoms with E-state index in [1.54, 1.807) is 11.0 Å². The minimum atomic E-state index is -0.583. The molecule has 0 N–H and O–H groups in total. The highest BCUT2D eigenvalue weighted by Crippen LogP contribution is 2.25. The van der Waals surface area contributed by atoms with Gasteiger partial charge in [0.05, 0.1) is 6.54 Å². The topological polar surface area (TPSA) is 88.1 Å². The lowest BCUT2D eigenvalue weighted by Crippen LogP contribution is -2.53. The molecule has 1 aromatic heterocycles. The number of rotatable bonds is 4. The molecule has 3 heterocycles. The van der Waals surface area contributed by atoms with E-state index in [9.17, 15) is 9.59 Å². The standard InChI is InChI=1S/C21H33N5O4/c1-21(2,3)30-20(28)26-13-7-9-16(26)19(27)25-12-6-8-15(14-25)29-18-11-10-17(22-23-18)24(4)5/h10-11,15-16H,6-9,12-14H2,1-5H3. The first-order valence-electron chi connectivity index (χ1n) is 10.6. The van der Waals surface area contributed by atoms with Gasteiger partial charge in [0.2, 0.25) is 11.8 Å². The quantitative estimate of drug-likeness (QED) is 0.740. The Hall–Kier alpha value is -2.58. The molecule has 2 aliphatic heterocycles. The van der Waals surface area contributed by atoms with Crippen molar-refractivity contribution in [2.75, 3.05) is 38.6 Å². The van der Waals surface area contributed by atoms with Crippen molar-refractivity contribution in [2.24, 2.45) is 0 Å². The molecule has 9 nitrogen and oxygen atoms in total. The molecule has 2 aliphatic rings. The van der Waals surface area contributed by atoms with Crippen LogP contribution in [0.3, 0.4) is 0 Å². The van der Waals surface area contributed by atoms with Gasteiger partial charge in [-0.15, -0.1) is 10.2 Å². The summed E-state index contributed by atoms with van der Waals surface area (Å²) >= 11 is 0. The van der Waals surface area contributed by atoms with Crippen LogP contribution in [0, 0.1) is 0 Å². The number of likely N-dealkylation sites (tertiary alicyclic amines) is 2. The fourth-order valence-corrected chi connectivity index (χ4v) is 3.79. The average Bonchev–Trinajstić information content (AvgIpc) is 3.17. The molecular weight excluding hydrogens is 386 g/mol. The molecule has 2 saturated heterocycles. The van der Waals surface area contributed by atoms with Crippen LogP contribution in [0.25, 0.3) is 0 Å². The van der Waals surface area contributed by atoms with Crippen LogP contribution in [0.4, 0.5) is 10.6 Å². The van der Waals surface area contributed by atoms with Gasteiger partial charge in [-0.2, -0.15) is 0 Å². The maximum atomic E-state index is 13.2. The van der Waals surface area contributed by atoms with Crippen molar-refractivity contribution >= 4 is 17.8 Å². The van der Waals surface area contributed by atoms with Gasteiger partial charge in [-0.05, 0) is 52.5 Å². The minimum absolute atomic E-state index is 0.0271. The Kier molecular flexibility index (Phi) is 6.67. The first kappa shape index (κ1) is 22.1. The molecule has 2 atom stereocenters. The van der Waals surface area contributed by atoms with Gasteiger partial charge in [-0.1, -0.05) is 0 Å². The maximum absolute atomic E-state index is 13.2. The lowest BCUT2D eigenvalue weighted by molar-refractivity contribution is -0.138. The molecule has 2 fully saturated rings. The lowest BCUT2D eigenvalue weighted by Gasteiger charge is -2.36. The zero-order valence-electron chi connectivity index (χ0n) is 18.6. The average molecular weight is 420 g/mol. The Morgan fingerprint density at radius 3 is 2.47 bits per heavy atom. The predicted molar refractivity (Wildman–Crippen MR) is 113 cm³/mol. The molecule has 0 aliphatic carbocycles. The number of aromatic nitrogens is 2. The SMILES string of the molecule is CN(C)c1ccc(OC2CCCN(C(=O)C3CCCN3C(=O)OC(C)(C)C)C2)nn1. The Morgan fingerprint density at radius 1 is 1.10 bits per heavy atom. The summed E-state index contributed by atoms with van der Waals surface area (Å²) in [5.41, 5.74) is -0.583. The molecule has 0 aromatic carbocycles. The smallest absolute Gasteiger partial charge is 0.410 e. The highest BCUT2D eigenvalue weighted by Gasteiger charge is 2.39. The van der Waals surface area contributed by atoms with Crippen LogP contribution >= 0.6 is 0 Å². The molecule has 0 saturated carbocycles. The number of hydrogen-bond donors (Lipinski definition) is 0. The fraction of sp³-hybridized carbons (Fsp3) is 0.714. The van der Waals surface area contributed by atoms with Gasteiger partial charge >= 0.3 is 6.09 Å². The Balaban J connectivity index is 1.60. The molecule has 2 amide bonds. The van der Waals surface area contributed by atoms with Crippen LogP contribution in [0.1, 0.15) is 46.5 Å². The van der Waals surface area contributed by atoms with Crippen LogP contribution in [0.5, 0.6) is 5.88 Å². The number of piperidine rings is 1. The molecule has 3 rings (SSSR count). The van der Waals surface area contributed by atoms with E-state index in [4.69, 9.17) is 9.47 Å². The van der Waals surface area contributed by atoms with Crippen LogP contribution in [0.2, 0.25) is 0 Å². The van der Waals surface area contributed by atoms with E-state index in [-0.39, 0.29) is 12.0 Å². The van der Waals surface area contributed by atoms with Crippen molar-refractivity contribution in [3.63, 3.8) is 0 Å². The fourth-order valence-electron chi connectivity index (χ4n) is 3.79. The largest absolute Gasteiger partial charge is 0.471 e. The van der Waals surface area contributed by atoms with Crippen molar-refractivity contribution in [2.45, 2.75) is 64.2 Å².